The fraction of sp³-hybridized carbons (Fsp3) is 0.250. The van der Waals surface area contributed by atoms with Crippen LogP contribution in [0.4, 0.5) is 11.4 Å². The topological polar surface area (TPSA) is 131 Å². The lowest BCUT2D eigenvalue weighted by atomic mass is 10.1. The molecule has 24 heavy (non-hydrogen) atoms. The lowest BCUT2D eigenvalue weighted by Crippen LogP contribution is -2.23. The van der Waals surface area contributed by atoms with Crippen LogP contribution < -0.4 is 5.56 Å². The number of aliphatic hydroxyl groups is 1. The molecule has 0 atom stereocenters. The molecule has 1 aromatic heterocycles. The Morgan fingerprint density at radius 1 is 1.25 bits per heavy atom. The molecule has 8 heteroatoms. The predicted octanol–water partition coefficient (Wildman–Crippen LogP) is 2.16. The summed E-state index contributed by atoms with van der Waals surface area (Å²) >= 11 is 0. The Bertz CT molecular complexity index is 910. The Morgan fingerprint density at radius 3 is 2.58 bits per heavy atom. The van der Waals surface area contributed by atoms with Gasteiger partial charge in [-0.2, -0.15) is 5.26 Å². The molecule has 124 valence electrons. The van der Waals surface area contributed by atoms with Crippen LogP contribution in [0.25, 0.3) is 0 Å². The van der Waals surface area contributed by atoms with E-state index in [2.05, 4.69) is 10.2 Å². The van der Waals surface area contributed by atoms with Gasteiger partial charge in [-0.1, -0.05) is 6.07 Å². The Hall–Kier alpha value is -3.18. The largest absolute Gasteiger partial charge is 0.506 e. The fourth-order valence-corrected chi connectivity index (χ4v) is 2.18. The van der Waals surface area contributed by atoms with Gasteiger partial charge in [0.2, 0.25) is 5.88 Å². The highest BCUT2D eigenvalue weighted by Crippen LogP contribution is 2.30. The number of benzene rings is 1. The summed E-state index contributed by atoms with van der Waals surface area (Å²) in [6.45, 7) is 2.70. The molecule has 0 fully saturated rings. The van der Waals surface area contributed by atoms with E-state index in [-0.39, 0.29) is 34.8 Å². The van der Waals surface area contributed by atoms with Crippen molar-refractivity contribution >= 4 is 11.4 Å². The first-order chi connectivity index (χ1) is 11.4. The van der Waals surface area contributed by atoms with E-state index in [1.165, 1.54) is 13.0 Å². The van der Waals surface area contributed by atoms with Gasteiger partial charge >= 0.3 is 0 Å². The number of azo groups is 1. The van der Waals surface area contributed by atoms with Crippen LogP contribution in [0.15, 0.2) is 33.2 Å². The van der Waals surface area contributed by atoms with Gasteiger partial charge in [-0.05, 0) is 31.5 Å². The van der Waals surface area contributed by atoms with Gasteiger partial charge in [-0.15, -0.1) is 10.2 Å². The van der Waals surface area contributed by atoms with Gasteiger partial charge in [0.05, 0.1) is 13.2 Å². The molecular formula is C16H16N4O4. The van der Waals surface area contributed by atoms with E-state index in [0.29, 0.717) is 0 Å². The Kier molecular flexibility index (Phi) is 4.96. The second kappa shape index (κ2) is 6.93. The third-order valence-corrected chi connectivity index (χ3v) is 3.48. The number of aryl methyl sites for hydroxylation is 1. The van der Waals surface area contributed by atoms with Gasteiger partial charge in [-0.3, -0.25) is 9.36 Å². The van der Waals surface area contributed by atoms with Crippen LogP contribution >= 0.6 is 0 Å². The number of nitrogens with zero attached hydrogens (tertiary/aromatic N) is 4. The molecule has 1 heterocycles. The first kappa shape index (κ1) is 17.2. The molecule has 0 radical (unpaired) electrons. The zero-order valence-corrected chi connectivity index (χ0v) is 13.2. The quantitative estimate of drug-likeness (QED) is 0.740. The average molecular weight is 328 g/mol. The van der Waals surface area contributed by atoms with Crippen molar-refractivity contribution < 1.29 is 15.3 Å². The Morgan fingerprint density at radius 2 is 1.96 bits per heavy atom. The third kappa shape index (κ3) is 3.11. The summed E-state index contributed by atoms with van der Waals surface area (Å²) < 4.78 is 0.857. The van der Waals surface area contributed by atoms with Gasteiger partial charge < -0.3 is 15.3 Å². The molecule has 1 aromatic carbocycles. The molecule has 3 N–H and O–H groups in total. The fourth-order valence-electron chi connectivity index (χ4n) is 2.18. The van der Waals surface area contributed by atoms with E-state index in [0.717, 1.165) is 10.1 Å². The van der Waals surface area contributed by atoms with Gasteiger partial charge in [0.25, 0.3) is 5.56 Å². The van der Waals surface area contributed by atoms with Crippen molar-refractivity contribution in [2.45, 2.75) is 20.4 Å². The standard InChI is InChI=1S/C16H16N4O4/c1-9-3-4-13(22)12(7-9)18-19-14-10(2)11(8-17)15(23)20(5-6-21)16(14)24/h3-4,7,21-23H,5-6H2,1-2H3. The minimum atomic E-state index is -0.686. The molecule has 0 amide bonds. The SMILES string of the molecule is Cc1ccc(O)c(N=Nc2c(C)c(C#N)c(O)n(CCO)c2=O)c1. The summed E-state index contributed by atoms with van der Waals surface area (Å²) in [5, 5.41) is 45.7. The van der Waals surface area contributed by atoms with Gasteiger partial charge in [-0.25, -0.2) is 0 Å². The van der Waals surface area contributed by atoms with Crippen LogP contribution in [0.5, 0.6) is 11.6 Å². The number of phenols is 1. The summed E-state index contributed by atoms with van der Waals surface area (Å²) in [4.78, 5) is 12.4. The molecule has 0 aliphatic rings. The molecule has 8 nitrogen and oxygen atoms in total. The van der Waals surface area contributed by atoms with Crippen molar-refractivity contribution in [1.29, 1.82) is 5.26 Å². The van der Waals surface area contributed by atoms with Crippen LogP contribution in [0.2, 0.25) is 0 Å². The zero-order chi connectivity index (χ0) is 17.9. The highest BCUT2D eigenvalue weighted by molar-refractivity contribution is 5.57. The molecule has 2 rings (SSSR count). The minimum absolute atomic E-state index is 0.100. The van der Waals surface area contributed by atoms with E-state index in [9.17, 15) is 20.3 Å². The van der Waals surface area contributed by atoms with Crippen molar-refractivity contribution in [3.8, 4) is 17.7 Å². The number of nitriles is 1. The first-order valence-corrected chi connectivity index (χ1v) is 7.09. The van der Waals surface area contributed by atoms with Crippen LogP contribution in [-0.2, 0) is 6.54 Å². The van der Waals surface area contributed by atoms with Crippen LogP contribution in [-0.4, -0.2) is 26.5 Å². The van der Waals surface area contributed by atoms with Crippen molar-refractivity contribution in [3.05, 3.63) is 45.2 Å². The number of rotatable bonds is 4. The summed E-state index contributed by atoms with van der Waals surface area (Å²) in [6.07, 6.45) is 0. The molecular weight excluding hydrogens is 312 g/mol. The predicted molar refractivity (Wildman–Crippen MR) is 85.9 cm³/mol. The molecule has 2 aromatic rings. The number of phenolic OH excluding ortho intramolecular Hbond substituents is 1. The van der Waals surface area contributed by atoms with Gasteiger partial charge in [0.1, 0.15) is 23.1 Å². The first-order valence-electron chi connectivity index (χ1n) is 7.09. The summed E-state index contributed by atoms with van der Waals surface area (Å²) in [5.74, 6) is -0.622. The molecule has 0 unspecified atom stereocenters. The second-order valence-corrected chi connectivity index (χ2v) is 5.16. The van der Waals surface area contributed by atoms with Crippen molar-refractivity contribution in [2.75, 3.05) is 6.61 Å². The van der Waals surface area contributed by atoms with Crippen LogP contribution in [0, 0.1) is 25.2 Å². The number of pyridine rings is 1. The van der Waals surface area contributed by atoms with E-state index >= 15 is 0 Å². The Labute approximate surface area is 137 Å². The van der Waals surface area contributed by atoms with E-state index < -0.39 is 18.0 Å². The van der Waals surface area contributed by atoms with Crippen molar-refractivity contribution in [2.24, 2.45) is 10.2 Å². The lowest BCUT2D eigenvalue weighted by Gasteiger charge is -2.11. The summed E-state index contributed by atoms with van der Waals surface area (Å²) in [5.41, 5.74) is 0.247. The number of hydrogen-bond acceptors (Lipinski definition) is 7. The molecule has 0 saturated heterocycles. The normalized spacial score (nSPS) is 10.9. The molecule has 0 saturated carbocycles. The molecule has 0 aliphatic heterocycles. The maximum atomic E-state index is 12.4. The number of aromatic hydroxyl groups is 2. The van der Waals surface area contributed by atoms with E-state index in [1.54, 1.807) is 18.2 Å². The van der Waals surface area contributed by atoms with Crippen LogP contribution in [0.3, 0.4) is 0 Å². The van der Waals surface area contributed by atoms with Crippen molar-refractivity contribution in [3.63, 3.8) is 0 Å². The minimum Gasteiger partial charge on any atom is -0.506 e. The number of aromatic nitrogens is 1. The van der Waals surface area contributed by atoms with E-state index in [1.807, 2.05) is 6.92 Å². The highest BCUT2D eigenvalue weighted by atomic mass is 16.3. The zero-order valence-electron chi connectivity index (χ0n) is 13.2. The highest BCUT2D eigenvalue weighted by Gasteiger charge is 2.18. The number of aliphatic hydroxyl groups excluding tert-OH is 1. The average Bonchev–Trinajstić information content (AvgIpc) is 2.55. The molecule has 0 bridgehead atoms. The summed E-state index contributed by atoms with van der Waals surface area (Å²) in [7, 11) is 0. The van der Waals surface area contributed by atoms with Crippen molar-refractivity contribution in [1.82, 2.24) is 4.57 Å². The van der Waals surface area contributed by atoms with Gasteiger partial charge in [0, 0.05) is 5.56 Å². The lowest BCUT2D eigenvalue weighted by molar-refractivity contribution is 0.263. The van der Waals surface area contributed by atoms with E-state index in [4.69, 9.17) is 5.11 Å². The molecule has 0 spiro atoms. The second-order valence-electron chi connectivity index (χ2n) is 5.16. The van der Waals surface area contributed by atoms with Crippen LogP contribution in [0.1, 0.15) is 16.7 Å². The maximum absolute atomic E-state index is 12.4. The monoisotopic (exact) mass is 328 g/mol. The Balaban J connectivity index is 2.64. The molecule has 0 aliphatic carbocycles. The van der Waals surface area contributed by atoms with Gasteiger partial charge in [0.15, 0.2) is 5.69 Å². The smallest absolute Gasteiger partial charge is 0.281 e. The number of hydrogen-bond donors (Lipinski definition) is 3. The summed E-state index contributed by atoms with van der Waals surface area (Å²) in [6, 6.07) is 6.55. The maximum Gasteiger partial charge on any atom is 0.281 e. The third-order valence-electron chi connectivity index (χ3n) is 3.48.